The van der Waals surface area contributed by atoms with Gasteiger partial charge >= 0.3 is 0 Å². The lowest BCUT2D eigenvalue weighted by Gasteiger charge is -2.31. The van der Waals surface area contributed by atoms with E-state index in [1.165, 1.54) is 0 Å². The number of morpholine rings is 1. The van der Waals surface area contributed by atoms with Gasteiger partial charge < -0.3 is 9.64 Å². The maximum absolute atomic E-state index is 11.2. The standard InChI is InChI=1S/C13H19ClN2O2/c1-2-3-4-10-11(9-17)12(14)15-13(10)16-5-7-18-8-6-16/h9-10H,2-8H2,1H3. The normalized spacial score (nSPS) is 24.4. The highest BCUT2D eigenvalue weighted by molar-refractivity contribution is 6.33. The molecule has 100 valence electrons. The van der Waals surface area contributed by atoms with E-state index in [0.29, 0.717) is 23.9 Å². The Balaban J connectivity index is 2.13. The third-order valence-electron chi connectivity index (χ3n) is 3.45. The fourth-order valence-electron chi connectivity index (χ4n) is 2.43. The van der Waals surface area contributed by atoms with Crippen molar-refractivity contribution in [2.24, 2.45) is 10.9 Å². The third-order valence-corrected chi connectivity index (χ3v) is 3.75. The molecule has 1 atom stereocenters. The van der Waals surface area contributed by atoms with E-state index >= 15 is 0 Å². The smallest absolute Gasteiger partial charge is 0.149 e. The number of amidine groups is 1. The van der Waals surface area contributed by atoms with Crippen LogP contribution in [0, 0.1) is 5.92 Å². The minimum atomic E-state index is 0.0769. The van der Waals surface area contributed by atoms with Crippen LogP contribution < -0.4 is 0 Å². The molecule has 1 unspecified atom stereocenters. The number of halogens is 1. The first-order valence-corrected chi connectivity index (χ1v) is 6.91. The van der Waals surface area contributed by atoms with Crippen molar-refractivity contribution in [3.8, 4) is 0 Å². The summed E-state index contributed by atoms with van der Waals surface area (Å²) in [5, 5.41) is 0.368. The van der Waals surface area contributed by atoms with Crippen LogP contribution in [0.3, 0.4) is 0 Å². The lowest BCUT2D eigenvalue weighted by atomic mass is 9.94. The summed E-state index contributed by atoms with van der Waals surface area (Å²) in [7, 11) is 0. The minimum Gasteiger partial charge on any atom is -0.378 e. The van der Waals surface area contributed by atoms with Gasteiger partial charge in [0.15, 0.2) is 0 Å². The molecule has 0 bridgehead atoms. The number of rotatable bonds is 4. The van der Waals surface area contributed by atoms with E-state index in [2.05, 4.69) is 16.8 Å². The van der Waals surface area contributed by atoms with Crippen LogP contribution in [-0.4, -0.2) is 43.3 Å². The molecule has 0 N–H and O–H groups in total. The van der Waals surface area contributed by atoms with Gasteiger partial charge in [0.05, 0.1) is 13.2 Å². The van der Waals surface area contributed by atoms with Crippen LogP contribution in [0.4, 0.5) is 0 Å². The van der Waals surface area contributed by atoms with Crippen LogP contribution in [0.2, 0.25) is 0 Å². The molecule has 2 aliphatic heterocycles. The lowest BCUT2D eigenvalue weighted by molar-refractivity contribution is -0.105. The summed E-state index contributed by atoms with van der Waals surface area (Å²) in [6.07, 6.45) is 3.99. The van der Waals surface area contributed by atoms with Gasteiger partial charge in [0.1, 0.15) is 17.3 Å². The molecular weight excluding hydrogens is 252 g/mol. The average molecular weight is 271 g/mol. The minimum absolute atomic E-state index is 0.0769. The zero-order valence-electron chi connectivity index (χ0n) is 10.7. The van der Waals surface area contributed by atoms with E-state index in [9.17, 15) is 4.79 Å². The Hall–Kier alpha value is -0.870. The number of nitrogens with zero attached hydrogens (tertiary/aromatic N) is 2. The van der Waals surface area contributed by atoms with Gasteiger partial charge in [-0.25, -0.2) is 4.99 Å². The second-order valence-electron chi connectivity index (χ2n) is 4.63. The van der Waals surface area contributed by atoms with Crippen molar-refractivity contribution in [3.05, 3.63) is 10.7 Å². The second-order valence-corrected chi connectivity index (χ2v) is 4.99. The molecular formula is C13H19ClN2O2. The van der Waals surface area contributed by atoms with Gasteiger partial charge in [-0.15, -0.1) is 0 Å². The summed E-state index contributed by atoms with van der Waals surface area (Å²) in [6.45, 7) is 5.24. The Morgan fingerprint density at radius 2 is 2.22 bits per heavy atom. The predicted octanol–water partition coefficient (Wildman–Crippen LogP) is 2.19. The van der Waals surface area contributed by atoms with Crippen LogP contribution >= 0.6 is 11.6 Å². The zero-order chi connectivity index (χ0) is 13.0. The number of hydrogen-bond donors (Lipinski definition) is 0. The van der Waals surface area contributed by atoms with Crippen molar-refractivity contribution in [1.82, 2.24) is 4.90 Å². The fourth-order valence-corrected chi connectivity index (χ4v) is 2.70. The van der Waals surface area contributed by atoms with Gasteiger partial charge in [0, 0.05) is 24.6 Å². The summed E-state index contributed by atoms with van der Waals surface area (Å²) >= 11 is 6.07. The molecule has 1 saturated heterocycles. The maximum atomic E-state index is 11.2. The summed E-state index contributed by atoms with van der Waals surface area (Å²) in [4.78, 5) is 17.8. The Morgan fingerprint density at radius 3 is 2.83 bits per heavy atom. The van der Waals surface area contributed by atoms with E-state index in [0.717, 1.165) is 44.5 Å². The molecule has 0 amide bonds. The molecule has 2 rings (SSSR count). The molecule has 18 heavy (non-hydrogen) atoms. The van der Waals surface area contributed by atoms with Crippen LogP contribution in [0.5, 0.6) is 0 Å². The summed E-state index contributed by atoms with van der Waals surface area (Å²) < 4.78 is 5.34. The Labute approximate surface area is 113 Å². The molecule has 2 aliphatic rings. The van der Waals surface area contributed by atoms with E-state index in [1.54, 1.807) is 0 Å². The molecule has 0 aromatic heterocycles. The monoisotopic (exact) mass is 270 g/mol. The van der Waals surface area contributed by atoms with Gasteiger partial charge in [-0.2, -0.15) is 0 Å². The van der Waals surface area contributed by atoms with Gasteiger partial charge in [-0.1, -0.05) is 31.4 Å². The highest BCUT2D eigenvalue weighted by Crippen LogP contribution is 2.32. The predicted molar refractivity (Wildman–Crippen MR) is 71.8 cm³/mol. The number of aldehydes is 1. The quantitative estimate of drug-likeness (QED) is 0.581. The molecule has 0 spiro atoms. The van der Waals surface area contributed by atoms with Gasteiger partial charge in [-0.05, 0) is 6.42 Å². The van der Waals surface area contributed by atoms with Crippen LogP contribution in [0.1, 0.15) is 26.2 Å². The maximum Gasteiger partial charge on any atom is 0.149 e. The number of hydrogen-bond acceptors (Lipinski definition) is 4. The van der Waals surface area contributed by atoms with E-state index in [-0.39, 0.29) is 5.92 Å². The molecule has 5 heteroatoms. The first kappa shape index (κ1) is 13.6. The number of carbonyl (C=O) groups is 1. The number of unbranched alkanes of at least 4 members (excludes halogenated alkanes) is 1. The number of carbonyl (C=O) groups excluding carboxylic acids is 1. The van der Waals surface area contributed by atoms with E-state index < -0.39 is 0 Å². The molecule has 0 saturated carbocycles. The van der Waals surface area contributed by atoms with Crippen molar-refractivity contribution in [3.63, 3.8) is 0 Å². The molecule has 2 heterocycles. The van der Waals surface area contributed by atoms with Crippen LogP contribution in [-0.2, 0) is 9.53 Å². The summed E-state index contributed by atoms with van der Waals surface area (Å²) in [5.74, 6) is 1.03. The highest BCUT2D eigenvalue weighted by Gasteiger charge is 2.32. The molecule has 0 radical (unpaired) electrons. The van der Waals surface area contributed by atoms with Gasteiger partial charge in [0.25, 0.3) is 0 Å². The van der Waals surface area contributed by atoms with Crippen molar-refractivity contribution in [2.75, 3.05) is 26.3 Å². The number of ether oxygens (including phenoxy) is 1. The highest BCUT2D eigenvalue weighted by atomic mass is 35.5. The van der Waals surface area contributed by atoms with Gasteiger partial charge in [0.2, 0.25) is 0 Å². The van der Waals surface area contributed by atoms with Crippen LogP contribution in [0.15, 0.2) is 15.7 Å². The third kappa shape index (κ3) is 2.75. The SMILES string of the molecule is CCCCC1C(N2CCOCC2)=NC(Cl)=C1C=O. The van der Waals surface area contributed by atoms with Crippen molar-refractivity contribution < 1.29 is 9.53 Å². The summed E-state index contributed by atoms with van der Waals surface area (Å²) in [6, 6.07) is 0. The largest absolute Gasteiger partial charge is 0.378 e. The topological polar surface area (TPSA) is 41.9 Å². The van der Waals surface area contributed by atoms with Crippen molar-refractivity contribution >= 4 is 23.7 Å². The molecule has 0 aromatic carbocycles. The first-order chi connectivity index (χ1) is 8.77. The molecule has 1 fully saturated rings. The van der Waals surface area contributed by atoms with Gasteiger partial charge in [-0.3, -0.25) is 4.79 Å². The van der Waals surface area contributed by atoms with Crippen molar-refractivity contribution in [1.29, 1.82) is 0 Å². The Bertz CT molecular complexity index is 373. The Kier molecular flexibility index (Phi) is 4.78. The van der Waals surface area contributed by atoms with Crippen LogP contribution in [0.25, 0.3) is 0 Å². The average Bonchev–Trinajstić information content (AvgIpc) is 2.73. The zero-order valence-corrected chi connectivity index (χ0v) is 11.4. The first-order valence-electron chi connectivity index (χ1n) is 6.54. The molecule has 0 aliphatic carbocycles. The van der Waals surface area contributed by atoms with E-state index in [4.69, 9.17) is 16.3 Å². The molecule has 4 nitrogen and oxygen atoms in total. The Morgan fingerprint density at radius 1 is 1.50 bits per heavy atom. The fraction of sp³-hybridized carbons (Fsp3) is 0.692. The second kappa shape index (κ2) is 6.34. The van der Waals surface area contributed by atoms with E-state index in [1.807, 2.05) is 0 Å². The van der Waals surface area contributed by atoms with Crippen molar-refractivity contribution in [2.45, 2.75) is 26.2 Å². The summed E-state index contributed by atoms with van der Waals surface area (Å²) in [5.41, 5.74) is 0.645. The number of aliphatic imine (C=N–C) groups is 1. The lowest BCUT2D eigenvalue weighted by Crippen LogP contribution is -2.43. The molecule has 0 aromatic rings.